The Bertz CT molecular complexity index is 2010. The molecule has 0 heterocycles. The lowest BCUT2D eigenvalue weighted by Crippen LogP contribution is -2.24. The highest BCUT2D eigenvalue weighted by atomic mass is 19.4. The highest BCUT2D eigenvalue weighted by Crippen LogP contribution is 2.43. The molecule has 1 amide bonds. The highest BCUT2D eigenvalue weighted by Gasteiger charge is 2.32. The standard InChI is InChI=1S/C44H41F6NO6/c1-54-40(52)29-57-41-38(32-13-9-15-35(23-32)43(45,46)47)25-34(26-39(41)33-14-10-16-36(24-33)44(48,49)50)42(53)51-21-7-2-3-8-22-55-27-31-17-19-37(20-18-31)56-28-30-11-5-4-6-12-30/h4-6,9-20,23-26H,2-3,7-8,21-22,27-29H2,1H3,(H,51,53). The summed E-state index contributed by atoms with van der Waals surface area (Å²) in [6, 6.07) is 28.6. The SMILES string of the molecule is COC(=O)COc1c(-c2cccc(C(F)(F)F)c2)cc(C(=O)NCCCCCCOCc2ccc(OCc3ccccc3)cc2)cc1-c1cccc(C(F)(F)F)c1. The van der Waals surface area contributed by atoms with Crippen LogP contribution in [-0.2, 0) is 39.8 Å². The normalized spacial score (nSPS) is 11.6. The second-order valence-corrected chi connectivity index (χ2v) is 13.1. The Hall–Kier alpha value is -5.82. The monoisotopic (exact) mass is 793 g/mol. The zero-order chi connectivity index (χ0) is 40.8. The van der Waals surface area contributed by atoms with E-state index in [1.165, 1.54) is 24.3 Å². The van der Waals surface area contributed by atoms with Crippen molar-refractivity contribution in [2.75, 3.05) is 26.9 Å². The van der Waals surface area contributed by atoms with Crippen molar-refractivity contribution in [3.05, 3.63) is 143 Å². The Morgan fingerprint density at radius 3 is 1.77 bits per heavy atom. The zero-order valence-corrected chi connectivity index (χ0v) is 31.1. The summed E-state index contributed by atoms with van der Waals surface area (Å²) < 4.78 is 105. The van der Waals surface area contributed by atoms with Crippen LogP contribution in [0.25, 0.3) is 22.3 Å². The summed E-state index contributed by atoms with van der Waals surface area (Å²) in [5, 5.41) is 2.80. The molecule has 5 rings (SSSR count). The van der Waals surface area contributed by atoms with E-state index in [1.807, 2.05) is 54.6 Å². The second kappa shape index (κ2) is 19.9. The first-order valence-corrected chi connectivity index (χ1v) is 18.2. The predicted octanol–water partition coefficient (Wildman–Crippen LogP) is 10.7. The van der Waals surface area contributed by atoms with Gasteiger partial charge in [-0.15, -0.1) is 0 Å². The molecule has 0 bridgehead atoms. The number of alkyl halides is 6. The summed E-state index contributed by atoms with van der Waals surface area (Å²) in [5.74, 6) is -0.883. The fourth-order valence-corrected chi connectivity index (χ4v) is 5.86. The average Bonchev–Trinajstić information content (AvgIpc) is 3.21. The zero-order valence-electron chi connectivity index (χ0n) is 31.1. The highest BCUT2D eigenvalue weighted by molar-refractivity contribution is 5.99. The van der Waals surface area contributed by atoms with Crippen molar-refractivity contribution in [2.24, 2.45) is 0 Å². The maximum Gasteiger partial charge on any atom is 0.416 e. The summed E-state index contributed by atoms with van der Waals surface area (Å²) in [7, 11) is 1.10. The molecule has 57 heavy (non-hydrogen) atoms. The quantitative estimate of drug-likeness (QED) is 0.0540. The second-order valence-electron chi connectivity index (χ2n) is 13.1. The summed E-state index contributed by atoms with van der Waals surface area (Å²) >= 11 is 0. The van der Waals surface area contributed by atoms with Gasteiger partial charge in [0, 0.05) is 29.8 Å². The molecule has 13 heteroatoms. The van der Waals surface area contributed by atoms with Crippen LogP contribution in [0.1, 0.15) is 58.3 Å². The van der Waals surface area contributed by atoms with Crippen LogP contribution in [0.4, 0.5) is 26.3 Å². The molecular weight excluding hydrogens is 752 g/mol. The first-order valence-electron chi connectivity index (χ1n) is 18.2. The third-order valence-electron chi connectivity index (χ3n) is 8.86. The molecule has 0 aliphatic heterocycles. The first-order chi connectivity index (χ1) is 27.3. The van der Waals surface area contributed by atoms with E-state index in [1.54, 1.807) is 0 Å². The number of hydrogen-bond donors (Lipinski definition) is 1. The van der Waals surface area contributed by atoms with Crippen LogP contribution in [0, 0.1) is 0 Å². The van der Waals surface area contributed by atoms with Crippen molar-refractivity contribution >= 4 is 11.9 Å². The number of halogens is 6. The van der Waals surface area contributed by atoms with Crippen molar-refractivity contribution in [3.8, 4) is 33.8 Å². The van der Waals surface area contributed by atoms with Crippen LogP contribution in [0.15, 0.2) is 115 Å². The molecule has 0 fully saturated rings. The maximum absolute atomic E-state index is 13.8. The van der Waals surface area contributed by atoms with Gasteiger partial charge in [0.25, 0.3) is 5.91 Å². The van der Waals surface area contributed by atoms with Crippen molar-refractivity contribution in [1.29, 1.82) is 0 Å². The lowest BCUT2D eigenvalue weighted by Gasteiger charge is -2.19. The van der Waals surface area contributed by atoms with E-state index in [0.29, 0.717) is 26.2 Å². The van der Waals surface area contributed by atoms with Crippen LogP contribution in [0.2, 0.25) is 0 Å². The molecule has 0 saturated carbocycles. The van der Waals surface area contributed by atoms with Crippen molar-refractivity contribution in [3.63, 3.8) is 0 Å². The van der Waals surface area contributed by atoms with E-state index in [2.05, 4.69) is 10.1 Å². The van der Waals surface area contributed by atoms with Gasteiger partial charge in [-0.3, -0.25) is 4.79 Å². The van der Waals surface area contributed by atoms with E-state index in [-0.39, 0.29) is 40.1 Å². The molecule has 5 aromatic carbocycles. The number of hydrogen-bond acceptors (Lipinski definition) is 6. The van der Waals surface area contributed by atoms with Crippen LogP contribution in [-0.4, -0.2) is 38.7 Å². The summed E-state index contributed by atoms with van der Waals surface area (Å²) in [6.45, 7) is 1.03. The van der Waals surface area contributed by atoms with Crippen LogP contribution in [0.5, 0.6) is 11.5 Å². The number of esters is 1. The molecule has 5 aromatic rings. The van der Waals surface area contributed by atoms with Gasteiger partial charge in [-0.05, 0) is 83.6 Å². The van der Waals surface area contributed by atoms with Crippen molar-refractivity contribution < 1.29 is 54.9 Å². The fourth-order valence-electron chi connectivity index (χ4n) is 5.86. The number of amides is 1. The molecular formula is C44H41F6NO6. The molecule has 0 atom stereocenters. The molecule has 0 unspecified atom stereocenters. The van der Waals surface area contributed by atoms with Crippen LogP contribution in [0.3, 0.4) is 0 Å². The van der Waals surface area contributed by atoms with Gasteiger partial charge in [-0.25, -0.2) is 4.79 Å². The van der Waals surface area contributed by atoms with E-state index >= 15 is 0 Å². The van der Waals surface area contributed by atoms with Crippen molar-refractivity contribution in [2.45, 2.75) is 51.2 Å². The summed E-state index contributed by atoms with van der Waals surface area (Å²) in [5.41, 5.74) is -0.115. The third kappa shape index (κ3) is 12.6. The van der Waals surface area contributed by atoms with Crippen molar-refractivity contribution in [1.82, 2.24) is 5.32 Å². The largest absolute Gasteiger partial charge is 0.489 e. The minimum absolute atomic E-state index is 0.0376. The molecule has 300 valence electrons. The molecule has 7 nitrogen and oxygen atoms in total. The lowest BCUT2D eigenvalue weighted by molar-refractivity contribution is -0.143. The Labute approximate surface area is 326 Å². The maximum atomic E-state index is 13.8. The van der Waals surface area contributed by atoms with E-state index in [9.17, 15) is 35.9 Å². The van der Waals surface area contributed by atoms with E-state index in [0.717, 1.165) is 79.6 Å². The number of carbonyl (C=O) groups is 2. The summed E-state index contributed by atoms with van der Waals surface area (Å²) in [4.78, 5) is 25.6. The minimum Gasteiger partial charge on any atom is -0.489 e. The van der Waals surface area contributed by atoms with E-state index < -0.39 is 42.0 Å². The van der Waals surface area contributed by atoms with Gasteiger partial charge in [-0.2, -0.15) is 26.3 Å². The average molecular weight is 794 g/mol. The number of rotatable bonds is 18. The van der Waals surface area contributed by atoms with Gasteiger partial charge in [-0.1, -0.05) is 79.6 Å². The Balaban J connectivity index is 1.21. The van der Waals surface area contributed by atoms with Gasteiger partial charge in [0.1, 0.15) is 18.1 Å². The van der Waals surface area contributed by atoms with Gasteiger partial charge < -0.3 is 24.3 Å². The molecule has 1 N–H and O–H groups in total. The number of methoxy groups -OCH3 is 1. The lowest BCUT2D eigenvalue weighted by atomic mass is 9.92. The topological polar surface area (TPSA) is 83.1 Å². The van der Waals surface area contributed by atoms with Gasteiger partial charge in [0.05, 0.1) is 24.8 Å². The van der Waals surface area contributed by atoms with E-state index in [4.69, 9.17) is 14.2 Å². The Morgan fingerprint density at radius 2 is 1.19 bits per heavy atom. The van der Waals surface area contributed by atoms with Gasteiger partial charge >= 0.3 is 18.3 Å². The number of benzene rings is 5. The number of nitrogens with one attached hydrogen (secondary N) is 1. The number of carbonyl (C=O) groups excluding carboxylic acids is 2. The molecule has 0 spiro atoms. The fraction of sp³-hybridized carbons (Fsp3) is 0.273. The van der Waals surface area contributed by atoms with Gasteiger partial charge in [0.2, 0.25) is 0 Å². The third-order valence-corrected chi connectivity index (χ3v) is 8.86. The van der Waals surface area contributed by atoms with Crippen LogP contribution < -0.4 is 14.8 Å². The summed E-state index contributed by atoms with van der Waals surface area (Å²) in [6.07, 6.45) is -6.45. The Kier molecular flexibility index (Phi) is 14.7. The van der Waals surface area contributed by atoms with Gasteiger partial charge in [0.15, 0.2) is 6.61 Å². The number of unbranched alkanes of at least 4 members (excludes halogenated alkanes) is 3. The molecule has 0 aliphatic carbocycles. The molecule has 0 radical (unpaired) electrons. The predicted molar refractivity (Wildman–Crippen MR) is 203 cm³/mol. The Morgan fingerprint density at radius 1 is 0.614 bits per heavy atom. The molecule has 0 aliphatic rings. The van der Waals surface area contributed by atoms with Crippen LogP contribution >= 0.6 is 0 Å². The number of ether oxygens (including phenoxy) is 4. The molecule has 0 aromatic heterocycles. The minimum atomic E-state index is -4.72. The smallest absolute Gasteiger partial charge is 0.416 e. The molecule has 0 saturated heterocycles. The first kappa shape index (κ1) is 42.3.